The quantitative estimate of drug-likeness (QED) is 0.441. The summed E-state index contributed by atoms with van der Waals surface area (Å²) in [7, 11) is 0. The zero-order valence-electron chi connectivity index (χ0n) is 14.1. The van der Waals surface area contributed by atoms with Crippen LogP contribution < -0.4 is 5.32 Å². The summed E-state index contributed by atoms with van der Waals surface area (Å²) in [5.74, 6) is 0.429. The van der Waals surface area contributed by atoms with Gasteiger partial charge in [0, 0.05) is 21.1 Å². The van der Waals surface area contributed by atoms with Crippen molar-refractivity contribution in [3.8, 4) is 0 Å². The number of amides is 1. The van der Waals surface area contributed by atoms with Crippen LogP contribution in [0.4, 0.5) is 5.69 Å². The average Bonchev–Trinajstić information content (AvgIpc) is 2.61. The molecular weight excluding hydrogens is 411 g/mol. The average molecular weight is 434 g/mol. The van der Waals surface area contributed by atoms with Crippen LogP contribution in [-0.2, 0) is 4.79 Å². The lowest BCUT2D eigenvalue weighted by atomic mass is 9.98. The Kier molecular flexibility index (Phi) is 6.97. The molecule has 0 spiro atoms. The fourth-order valence-corrected chi connectivity index (χ4v) is 3.12. The van der Waals surface area contributed by atoms with E-state index < -0.39 is 0 Å². The van der Waals surface area contributed by atoms with Crippen molar-refractivity contribution in [3.05, 3.63) is 63.2 Å². The van der Waals surface area contributed by atoms with E-state index in [0.29, 0.717) is 23.7 Å². The predicted octanol–water partition coefficient (Wildman–Crippen LogP) is 5.47. The summed E-state index contributed by atoms with van der Waals surface area (Å²) in [6.45, 7) is 4.23. The minimum absolute atomic E-state index is 0.0204. The van der Waals surface area contributed by atoms with Gasteiger partial charge in [0.1, 0.15) is 0 Å². The molecule has 0 bridgehead atoms. The zero-order valence-corrected chi connectivity index (χ0v) is 16.3. The van der Waals surface area contributed by atoms with Gasteiger partial charge in [0.15, 0.2) is 0 Å². The molecule has 0 saturated heterocycles. The Morgan fingerprint density at radius 1 is 1.12 bits per heavy atom. The number of carbonyl (C=O) groups is 1. The zero-order chi connectivity index (χ0) is 17.5. The van der Waals surface area contributed by atoms with E-state index in [1.807, 2.05) is 48.5 Å². The number of benzene rings is 2. The highest BCUT2D eigenvalue weighted by molar-refractivity contribution is 14.1. The van der Waals surface area contributed by atoms with E-state index in [9.17, 15) is 4.79 Å². The van der Waals surface area contributed by atoms with Crippen LogP contribution >= 0.6 is 22.6 Å². The standard InChI is InChI=1S/C20H23IN2O/c1-3-14(4-2)12-19(24)23-18-11-10-16(21)13-17(18)20(22)15-8-6-5-7-9-15/h5-11,13-14,22H,3-4,12H2,1-2H3,(H,23,24). The van der Waals surface area contributed by atoms with Crippen LogP contribution in [0.2, 0.25) is 0 Å². The molecule has 1 amide bonds. The third-order valence-electron chi connectivity index (χ3n) is 4.22. The topological polar surface area (TPSA) is 53.0 Å². The van der Waals surface area contributed by atoms with Crippen LogP contribution in [0.1, 0.15) is 44.2 Å². The van der Waals surface area contributed by atoms with E-state index in [2.05, 4.69) is 41.8 Å². The maximum Gasteiger partial charge on any atom is 0.224 e. The van der Waals surface area contributed by atoms with Gasteiger partial charge in [-0.3, -0.25) is 10.2 Å². The highest BCUT2D eigenvalue weighted by atomic mass is 127. The Bertz CT molecular complexity index is 709. The van der Waals surface area contributed by atoms with Crippen molar-refractivity contribution in [3.63, 3.8) is 0 Å². The summed E-state index contributed by atoms with van der Waals surface area (Å²) >= 11 is 2.23. The van der Waals surface area contributed by atoms with E-state index >= 15 is 0 Å². The molecule has 2 rings (SSSR count). The second kappa shape index (κ2) is 8.97. The first-order valence-corrected chi connectivity index (χ1v) is 9.36. The van der Waals surface area contributed by atoms with Crippen LogP contribution in [0, 0.1) is 14.9 Å². The van der Waals surface area contributed by atoms with E-state index in [1.165, 1.54) is 0 Å². The summed E-state index contributed by atoms with van der Waals surface area (Å²) in [6, 6.07) is 15.4. The lowest BCUT2D eigenvalue weighted by Gasteiger charge is -2.15. The number of hydrogen-bond acceptors (Lipinski definition) is 2. The minimum atomic E-state index is 0.0204. The third kappa shape index (κ3) is 4.90. The molecule has 0 unspecified atom stereocenters. The minimum Gasteiger partial charge on any atom is -0.325 e. The molecule has 0 saturated carbocycles. The van der Waals surface area contributed by atoms with Gasteiger partial charge in [-0.15, -0.1) is 0 Å². The molecule has 3 nitrogen and oxygen atoms in total. The summed E-state index contributed by atoms with van der Waals surface area (Å²) in [6.07, 6.45) is 2.53. The Morgan fingerprint density at radius 3 is 2.42 bits per heavy atom. The molecule has 0 aliphatic heterocycles. The molecule has 0 aliphatic rings. The smallest absolute Gasteiger partial charge is 0.224 e. The molecule has 2 N–H and O–H groups in total. The summed E-state index contributed by atoms with van der Waals surface area (Å²) < 4.78 is 1.04. The molecule has 2 aromatic carbocycles. The summed E-state index contributed by atoms with van der Waals surface area (Å²) in [5.41, 5.74) is 2.73. The van der Waals surface area contributed by atoms with Crippen molar-refractivity contribution in [1.29, 1.82) is 5.41 Å². The maximum atomic E-state index is 12.4. The van der Waals surface area contributed by atoms with Gasteiger partial charge < -0.3 is 5.32 Å². The fourth-order valence-electron chi connectivity index (χ4n) is 2.63. The van der Waals surface area contributed by atoms with E-state index in [-0.39, 0.29) is 5.91 Å². The third-order valence-corrected chi connectivity index (χ3v) is 4.89. The van der Waals surface area contributed by atoms with Gasteiger partial charge in [0.25, 0.3) is 0 Å². The van der Waals surface area contributed by atoms with E-state index in [1.54, 1.807) is 0 Å². The van der Waals surface area contributed by atoms with Crippen LogP contribution in [0.15, 0.2) is 48.5 Å². The first-order valence-electron chi connectivity index (χ1n) is 8.28. The van der Waals surface area contributed by atoms with Crippen LogP contribution in [0.3, 0.4) is 0 Å². The molecule has 24 heavy (non-hydrogen) atoms. The molecule has 0 radical (unpaired) electrons. The lowest BCUT2D eigenvalue weighted by Crippen LogP contribution is -2.18. The number of halogens is 1. The van der Waals surface area contributed by atoms with Crippen LogP contribution in [-0.4, -0.2) is 11.6 Å². The Labute approximate surface area is 157 Å². The Balaban J connectivity index is 2.25. The monoisotopic (exact) mass is 434 g/mol. The Hall–Kier alpha value is -1.69. The maximum absolute atomic E-state index is 12.4. The lowest BCUT2D eigenvalue weighted by molar-refractivity contribution is -0.117. The second-order valence-corrected chi connectivity index (χ2v) is 7.11. The molecule has 0 fully saturated rings. The predicted molar refractivity (Wildman–Crippen MR) is 109 cm³/mol. The van der Waals surface area contributed by atoms with Gasteiger partial charge in [-0.1, -0.05) is 57.0 Å². The fraction of sp³-hybridized carbons (Fsp3) is 0.300. The van der Waals surface area contributed by atoms with Crippen molar-refractivity contribution in [2.45, 2.75) is 33.1 Å². The number of rotatable bonds is 7. The molecular formula is C20H23IN2O. The number of carbonyl (C=O) groups excluding carboxylic acids is 1. The SMILES string of the molecule is CCC(CC)CC(=O)Nc1ccc(I)cc1C(=N)c1ccccc1. The van der Waals surface area contributed by atoms with Crippen molar-refractivity contribution >= 4 is 39.9 Å². The molecule has 0 atom stereocenters. The van der Waals surface area contributed by atoms with Gasteiger partial charge >= 0.3 is 0 Å². The van der Waals surface area contributed by atoms with Crippen molar-refractivity contribution < 1.29 is 4.79 Å². The second-order valence-electron chi connectivity index (χ2n) is 5.87. The van der Waals surface area contributed by atoms with Gasteiger partial charge in [-0.25, -0.2) is 0 Å². The van der Waals surface area contributed by atoms with Crippen LogP contribution in [0.25, 0.3) is 0 Å². The number of anilines is 1. The normalized spacial score (nSPS) is 10.7. The number of hydrogen-bond donors (Lipinski definition) is 2. The first kappa shape index (κ1) is 18.6. The molecule has 0 aromatic heterocycles. The van der Waals surface area contributed by atoms with Crippen molar-refractivity contribution in [2.24, 2.45) is 5.92 Å². The highest BCUT2D eigenvalue weighted by Crippen LogP contribution is 2.23. The largest absolute Gasteiger partial charge is 0.325 e. The molecule has 0 aliphatic carbocycles. The van der Waals surface area contributed by atoms with Crippen molar-refractivity contribution in [1.82, 2.24) is 0 Å². The van der Waals surface area contributed by atoms with Gasteiger partial charge in [0.2, 0.25) is 5.91 Å². The Morgan fingerprint density at radius 2 is 1.79 bits per heavy atom. The van der Waals surface area contributed by atoms with E-state index in [0.717, 1.165) is 27.5 Å². The van der Waals surface area contributed by atoms with Crippen LogP contribution in [0.5, 0.6) is 0 Å². The molecule has 4 heteroatoms. The highest BCUT2D eigenvalue weighted by Gasteiger charge is 2.15. The first-order chi connectivity index (χ1) is 11.5. The molecule has 2 aromatic rings. The number of nitrogens with one attached hydrogen (secondary N) is 2. The van der Waals surface area contributed by atoms with Crippen molar-refractivity contribution in [2.75, 3.05) is 5.32 Å². The summed E-state index contributed by atoms with van der Waals surface area (Å²) in [4.78, 5) is 12.4. The summed E-state index contributed by atoms with van der Waals surface area (Å²) in [5, 5.41) is 11.5. The van der Waals surface area contributed by atoms with Gasteiger partial charge in [-0.2, -0.15) is 0 Å². The van der Waals surface area contributed by atoms with Gasteiger partial charge in [0.05, 0.1) is 11.4 Å². The molecule has 126 valence electrons. The molecule has 0 heterocycles. The van der Waals surface area contributed by atoms with E-state index in [4.69, 9.17) is 5.41 Å². The van der Waals surface area contributed by atoms with Gasteiger partial charge in [-0.05, 0) is 46.7 Å².